The molecule has 0 aliphatic carbocycles. The van der Waals surface area contributed by atoms with Gasteiger partial charge in [-0.1, -0.05) is 121 Å². The molecule has 0 fully saturated rings. The average Bonchev–Trinajstić information content (AvgIpc) is 1.55. The number of carbonyl (C=O) groups is 15. The number of aliphatic hydroxyl groups is 3. The van der Waals surface area contributed by atoms with Crippen molar-refractivity contribution in [3.05, 3.63) is 179 Å². The average molecular weight is 1680 g/mol. The summed E-state index contributed by atoms with van der Waals surface area (Å²) in [6, 6.07) is 14.7. The zero-order valence-corrected chi connectivity index (χ0v) is 66.6. The highest BCUT2D eigenvalue weighted by molar-refractivity contribution is 7.80. The highest BCUT2D eigenvalue weighted by Crippen LogP contribution is 2.21. The molecule has 5 aromatic carbocycles. The molecule has 0 aliphatic rings. The van der Waals surface area contributed by atoms with Crippen molar-refractivity contribution in [3.63, 3.8) is 0 Å². The van der Waals surface area contributed by atoms with Crippen LogP contribution in [0.1, 0.15) is 74.3 Å². The number of carboxylic acids is 1. The largest absolute Gasteiger partial charge is 0.480 e. The molecule has 14 amide bonds. The molecule has 6 aromatic rings. The zero-order valence-electron chi connectivity index (χ0n) is 64.8. The summed E-state index contributed by atoms with van der Waals surface area (Å²) in [4.78, 5) is 212. The summed E-state index contributed by atoms with van der Waals surface area (Å²) in [7, 11) is 0. The lowest BCUT2D eigenvalue weighted by Crippen LogP contribution is -2.63. The van der Waals surface area contributed by atoms with Crippen LogP contribution in [0.25, 0.3) is 10.9 Å². The van der Waals surface area contributed by atoms with E-state index in [-0.39, 0.29) is 62.1 Å². The third kappa shape index (κ3) is 30.6. The number of para-hydroxylation sites is 1. The normalized spacial score (nSPS) is 14.9. The van der Waals surface area contributed by atoms with E-state index >= 15 is 19.2 Å². The highest BCUT2D eigenvalue weighted by Gasteiger charge is 2.40. The number of unbranched alkanes of at least 4 members (excludes halogenated alkanes) is 1. The summed E-state index contributed by atoms with van der Waals surface area (Å²) < 4.78 is 14.6. The molecule has 15 atom stereocenters. The molecule has 0 spiro atoms. The third-order valence-electron chi connectivity index (χ3n) is 18.5. The Morgan fingerprint density at radius 2 is 0.788 bits per heavy atom. The molecule has 636 valence electrons. The first-order valence-electron chi connectivity index (χ1n) is 37.7. The van der Waals surface area contributed by atoms with E-state index in [0.29, 0.717) is 39.6 Å². The number of aromatic nitrogens is 1. The van der Waals surface area contributed by atoms with Crippen molar-refractivity contribution in [2.75, 3.05) is 31.2 Å². The minimum atomic E-state index is -2.00. The number of benzene rings is 5. The number of hydrogen-bond donors (Lipinski definition) is 23. The van der Waals surface area contributed by atoms with E-state index in [9.17, 15) is 77.6 Å². The van der Waals surface area contributed by atoms with Gasteiger partial charge in [-0.15, -0.1) is 0 Å². The standard InChI is InChI=1S/C79H102FN17O19S2/c1-42(82)67(103)85-38-64(102)86-61(40-117)76(112)87-53(25-15-16-30-81)68(104)92-59(36-63(83)101)72(108)89-54(31-45-17-7-4-8-18-45)69(105)88-55(32-46-19-9-5-10-20-46)70(106)91-58(35-49-37-84-52-24-14-13-23-51(49)52)71(107)90-56(34-48-26-28-50(80)29-27-48)73(109)96-65(43(2)99)77(113)93-57(33-47-21-11-6-12-22-47)74(110)97-66(44(3)100)78(114)94-60(39-98)75(111)95-62(41-118)79(115)116/h4-14,17-24,26-29,37,42-44,53-62,65-66,84,98-100,117-118H,15-16,25,30-36,38-41,81-82H2,1-3H3,(H2,83,101)(H,85,103)(H,86,102)(H,87,112)(H,88,105)(H,89,108)(H,90,107)(H,91,106)(H,92,104)(H,93,113)(H,94,114)(H,95,111)(H,96,109)(H,97,110)(H,115,116)/t42-,43+,44+,53-,54-,55-,56-,57-,58+,59-,60-,61-,62-,65-,66-/m0/s1. The number of carbonyl (C=O) groups excluding carboxylic acids is 14. The SMILES string of the molecule is C[C@H](N)C(=O)NCC(=O)N[C@@H](CS)C(=O)N[C@@H](CCCCN)C(=O)N[C@@H](CC(N)=O)C(=O)N[C@@H](Cc1ccccc1)C(=O)N[C@@H](Cc1ccccc1)C(=O)N[C@H](Cc1c[nH]c2ccccc12)C(=O)N[C@@H](Cc1ccc(F)cc1)C(=O)N[C@H](C(=O)N[C@@H](Cc1ccccc1)C(=O)N[C@H](C(=O)N[C@@H](CO)C(=O)N[C@@H](CS)C(=O)O)[C@@H](C)O)[C@@H](C)O. The van der Waals surface area contributed by atoms with Crippen LogP contribution in [0.5, 0.6) is 0 Å². The first-order valence-corrected chi connectivity index (χ1v) is 39.0. The summed E-state index contributed by atoms with van der Waals surface area (Å²) in [5.74, 6) is -17.5. The van der Waals surface area contributed by atoms with Gasteiger partial charge in [0.05, 0.1) is 37.8 Å². The van der Waals surface area contributed by atoms with Crippen LogP contribution in [-0.2, 0) is 104 Å². The van der Waals surface area contributed by atoms with E-state index in [2.05, 4.69) is 99.4 Å². The van der Waals surface area contributed by atoms with Crippen LogP contribution in [-0.4, -0.2) is 236 Å². The number of aliphatic carboxylic acids is 1. The predicted octanol–water partition coefficient (Wildman–Crippen LogP) is -4.20. The Balaban J connectivity index is 1.32. The second-order valence-corrected chi connectivity index (χ2v) is 28.7. The van der Waals surface area contributed by atoms with Crippen LogP contribution in [0.2, 0.25) is 0 Å². The molecule has 6 rings (SSSR count). The third-order valence-corrected chi connectivity index (χ3v) is 19.2. The Bertz CT molecular complexity index is 4420. The predicted molar refractivity (Wildman–Crippen MR) is 435 cm³/mol. The lowest BCUT2D eigenvalue weighted by Gasteiger charge is -2.29. The number of hydrogen-bond acceptors (Lipinski definition) is 22. The van der Waals surface area contributed by atoms with Crippen LogP contribution < -0.4 is 86.3 Å². The molecular formula is C79H102FN17O19S2. The van der Waals surface area contributed by atoms with E-state index in [1.165, 1.54) is 19.1 Å². The molecule has 1 heterocycles. The van der Waals surface area contributed by atoms with Gasteiger partial charge < -0.3 is 112 Å². The van der Waals surface area contributed by atoms with Gasteiger partial charge in [0.1, 0.15) is 78.3 Å². The summed E-state index contributed by atoms with van der Waals surface area (Å²) in [5, 5.41) is 74.2. The molecule has 1 aromatic heterocycles. The van der Waals surface area contributed by atoms with Gasteiger partial charge >= 0.3 is 5.97 Å². The van der Waals surface area contributed by atoms with Gasteiger partial charge in [-0.25, -0.2) is 9.18 Å². The number of rotatable bonds is 48. The van der Waals surface area contributed by atoms with E-state index in [1.807, 2.05) is 0 Å². The molecule has 36 nitrogen and oxygen atoms in total. The molecule has 24 N–H and O–H groups in total. The van der Waals surface area contributed by atoms with Crippen molar-refractivity contribution < 1.29 is 96.7 Å². The number of fused-ring (bicyclic) bond motifs is 1. The quantitative estimate of drug-likeness (QED) is 0.0127. The first-order chi connectivity index (χ1) is 56.2. The molecule has 0 saturated heterocycles. The van der Waals surface area contributed by atoms with Gasteiger partial charge in [-0.2, -0.15) is 25.3 Å². The van der Waals surface area contributed by atoms with Crippen LogP contribution in [0.4, 0.5) is 4.39 Å². The van der Waals surface area contributed by atoms with Gasteiger partial charge in [0, 0.05) is 60.7 Å². The Morgan fingerprint density at radius 3 is 1.21 bits per heavy atom. The van der Waals surface area contributed by atoms with E-state index in [4.69, 9.17) is 17.2 Å². The molecule has 39 heteroatoms. The van der Waals surface area contributed by atoms with E-state index in [1.54, 1.807) is 121 Å². The molecule has 118 heavy (non-hydrogen) atoms. The molecule has 0 radical (unpaired) electrons. The van der Waals surface area contributed by atoms with E-state index < -0.39 is 211 Å². The Kier molecular flexibility index (Phi) is 38.6. The van der Waals surface area contributed by atoms with Gasteiger partial charge in [0.15, 0.2) is 0 Å². The van der Waals surface area contributed by atoms with Gasteiger partial charge in [0.25, 0.3) is 0 Å². The minimum absolute atomic E-state index is 0.0898. The monoisotopic (exact) mass is 1680 g/mol. The second kappa shape index (κ2) is 48.0. The van der Waals surface area contributed by atoms with Gasteiger partial charge in [-0.3, -0.25) is 67.1 Å². The first kappa shape index (κ1) is 95.0. The lowest BCUT2D eigenvalue weighted by atomic mass is 9.99. The number of primary amides is 1. The zero-order chi connectivity index (χ0) is 86.7. The Labute approximate surface area is 689 Å². The summed E-state index contributed by atoms with van der Waals surface area (Å²) in [6.07, 6.45) is -4.11. The van der Waals surface area contributed by atoms with Crippen molar-refractivity contribution in [1.82, 2.24) is 74.1 Å². The van der Waals surface area contributed by atoms with Crippen molar-refractivity contribution >= 4 is 125 Å². The number of thiol groups is 2. The number of H-pyrrole nitrogens is 1. The topological polar surface area (TPSA) is 587 Å². The number of aromatic amines is 1. The van der Waals surface area contributed by atoms with Crippen molar-refractivity contribution in [2.45, 2.75) is 169 Å². The summed E-state index contributed by atoms with van der Waals surface area (Å²) in [6.45, 7) is 2.12. The summed E-state index contributed by atoms with van der Waals surface area (Å²) >= 11 is 8.09. The van der Waals surface area contributed by atoms with E-state index in [0.717, 1.165) is 26.0 Å². The fourth-order valence-electron chi connectivity index (χ4n) is 12.0. The van der Waals surface area contributed by atoms with Crippen molar-refractivity contribution in [2.24, 2.45) is 17.2 Å². The molecule has 0 bridgehead atoms. The second-order valence-electron chi connectivity index (χ2n) is 27.9. The van der Waals surface area contributed by atoms with Crippen molar-refractivity contribution in [1.29, 1.82) is 0 Å². The maximum Gasteiger partial charge on any atom is 0.327 e. The smallest absolute Gasteiger partial charge is 0.327 e. The number of nitrogens with one attached hydrogen (secondary N) is 14. The highest BCUT2D eigenvalue weighted by atomic mass is 32.1. The maximum atomic E-state index is 15.5. The fourth-order valence-corrected chi connectivity index (χ4v) is 12.5. The maximum absolute atomic E-state index is 15.5. The van der Waals surface area contributed by atoms with Crippen LogP contribution >= 0.6 is 25.3 Å². The van der Waals surface area contributed by atoms with Gasteiger partial charge in [0.2, 0.25) is 82.7 Å². The molecule has 0 aliphatic heterocycles. The number of amides is 14. The lowest BCUT2D eigenvalue weighted by molar-refractivity contribution is -0.142. The number of carboxylic acid groups (broad SMARTS) is 1. The van der Waals surface area contributed by atoms with Crippen LogP contribution in [0, 0.1) is 5.82 Å². The Hall–Kier alpha value is -11.9. The number of aliphatic hydroxyl groups excluding tert-OH is 3. The molecule has 0 unspecified atom stereocenters. The molecular weight excluding hydrogens is 1570 g/mol. The minimum Gasteiger partial charge on any atom is -0.480 e. The molecule has 0 saturated carbocycles. The summed E-state index contributed by atoms with van der Waals surface area (Å²) in [5.41, 5.74) is 19.6. The van der Waals surface area contributed by atoms with Crippen LogP contribution in [0.15, 0.2) is 146 Å². The van der Waals surface area contributed by atoms with Crippen molar-refractivity contribution in [3.8, 4) is 0 Å². The van der Waals surface area contributed by atoms with Gasteiger partial charge in [-0.05, 0) is 92.6 Å². The number of halogens is 1. The Morgan fingerprint density at radius 1 is 0.424 bits per heavy atom. The number of nitrogens with two attached hydrogens (primary N) is 3. The fraction of sp³-hybridized carbons (Fsp3) is 0.405. The van der Waals surface area contributed by atoms with Crippen LogP contribution in [0.3, 0.4) is 0 Å².